The average Bonchev–Trinajstić information content (AvgIpc) is 2.37. The summed E-state index contributed by atoms with van der Waals surface area (Å²) in [6, 6.07) is 5.55. The zero-order valence-corrected chi connectivity index (χ0v) is 12.0. The van der Waals surface area contributed by atoms with Crippen molar-refractivity contribution in [1.29, 1.82) is 0 Å². The van der Waals surface area contributed by atoms with Crippen molar-refractivity contribution >= 4 is 11.6 Å². The summed E-state index contributed by atoms with van der Waals surface area (Å²) in [5, 5.41) is 2.86. The van der Waals surface area contributed by atoms with E-state index in [0.717, 1.165) is 24.8 Å². The molecule has 0 saturated heterocycles. The van der Waals surface area contributed by atoms with Crippen LogP contribution in [-0.2, 0) is 4.79 Å². The Kier molecular flexibility index (Phi) is 6.19. The molecule has 0 heterocycles. The van der Waals surface area contributed by atoms with Crippen molar-refractivity contribution in [2.24, 2.45) is 0 Å². The van der Waals surface area contributed by atoms with Crippen LogP contribution in [-0.4, -0.2) is 18.6 Å². The van der Waals surface area contributed by atoms with Crippen LogP contribution in [0, 0.1) is 6.92 Å². The van der Waals surface area contributed by atoms with Gasteiger partial charge >= 0.3 is 0 Å². The Morgan fingerprint density at radius 1 is 1.42 bits per heavy atom. The van der Waals surface area contributed by atoms with Crippen LogP contribution in [0.25, 0.3) is 0 Å². The molecule has 19 heavy (non-hydrogen) atoms. The lowest BCUT2D eigenvalue weighted by molar-refractivity contribution is -0.127. The number of carbonyl (C=O) groups excluding carboxylic acids is 1. The van der Waals surface area contributed by atoms with E-state index in [1.54, 1.807) is 13.0 Å². The van der Waals surface area contributed by atoms with Crippen LogP contribution in [0.4, 0.5) is 5.69 Å². The van der Waals surface area contributed by atoms with Crippen LogP contribution >= 0.6 is 0 Å². The van der Waals surface area contributed by atoms with Crippen LogP contribution in [0.15, 0.2) is 18.2 Å². The predicted octanol–water partition coefficient (Wildman–Crippen LogP) is 2.65. The second-order valence-electron chi connectivity index (χ2n) is 4.80. The molecule has 0 aliphatic carbocycles. The minimum absolute atomic E-state index is 0.101. The summed E-state index contributed by atoms with van der Waals surface area (Å²) in [6.45, 7) is 6.52. The minimum atomic E-state index is -0.536. The highest BCUT2D eigenvalue weighted by Gasteiger charge is 2.15. The number of aryl methyl sites for hydroxylation is 1. The smallest absolute Gasteiger partial charge is 0.260 e. The van der Waals surface area contributed by atoms with E-state index in [1.165, 1.54) is 0 Å². The van der Waals surface area contributed by atoms with Gasteiger partial charge < -0.3 is 15.8 Å². The number of amides is 1. The number of unbranched alkanes of at least 4 members (excludes halogenated alkanes) is 2. The van der Waals surface area contributed by atoms with E-state index >= 15 is 0 Å². The highest BCUT2D eigenvalue weighted by atomic mass is 16.5. The number of carbonyl (C=O) groups is 1. The molecule has 106 valence electrons. The van der Waals surface area contributed by atoms with Crippen molar-refractivity contribution in [3.63, 3.8) is 0 Å². The highest BCUT2D eigenvalue weighted by Crippen LogP contribution is 2.23. The Balaban J connectivity index is 2.45. The van der Waals surface area contributed by atoms with E-state index in [9.17, 15) is 4.79 Å². The molecule has 1 atom stereocenters. The first kappa shape index (κ1) is 15.3. The van der Waals surface area contributed by atoms with Crippen molar-refractivity contribution in [2.75, 3.05) is 12.3 Å². The third-order valence-electron chi connectivity index (χ3n) is 2.92. The van der Waals surface area contributed by atoms with Crippen LogP contribution in [0.3, 0.4) is 0 Å². The largest absolute Gasteiger partial charge is 0.479 e. The molecule has 0 radical (unpaired) electrons. The SMILES string of the molecule is CCCCCNC(=O)C(C)Oc1ccc(C)cc1N. The predicted molar refractivity (Wildman–Crippen MR) is 78.2 cm³/mol. The van der Waals surface area contributed by atoms with Crippen LogP contribution < -0.4 is 15.8 Å². The number of hydrogen-bond acceptors (Lipinski definition) is 3. The Hall–Kier alpha value is -1.71. The second-order valence-corrected chi connectivity index (χ2v) is 4.80. The van der Waals surface area contributed by atoms with E-state index in [2.05, 4.69) is 12.2 Å². The lowest BCUT2D eigenvalue weighted by Crippen LogP contribution is -2.36. The maximum absolute atomic E-state index is 11.8. The Bertz CT molecular complexity index is 419. The molecule has 1 unspecified atom stereocenters. The molecule has 1 amide bonds. The summed E-state index contributed by atoms with van der Waals surface area (Å²) in [6.07, 6.45) is 2.73. The van der Waals surface area contributed by atoms with Crippen LogP contribution in [0.5, 0.6) is 5.75 Å². The number of hydrogen-bond donors (Lipinski definition) is 2. The summed E-state index contributed by atoms with van der Waals surface area (Å²) >= 11 is 0. The first-order valence-electron chi connectivity index (χ1n) is 6.85. The zero-order chi connectivity index (χ0) is 14.3. The number of benzene rings is 1. The first-order chi connectivity index (χ1) is 9.04. The molecule has 3 N–H and O–H groups in total. The molecule has 0 fully saturated rings. The van der Waals surface area contributed by atoms with E-state index in [-0.39, 0.29) is 5.91 Å². The quantitative estimate of drug-likeness (QED) is 0.588. The molecule has 0 aromatic heterocycles. The van der Waals surface area contributed by atoms with Crippen molar-refractivity contribution < 1.29 is 9.53 Å². The molecular formula is C15H24N2O2. The van der Waals surface area contributed by atoms with E-state index in [0.29, 0.717) is 18.0 Å². The fourth-order valence-corrected chi connectivity index (χ4v) is 1.75. The summed E-state index contributed by atoms with van der Waals surface area (Å²) in [7, 11) is 0. The lowest BCUT2D eigenvalue weighted by atomic mass is 10.2. The number of nitrogen functional groups attached to an aromatic ring is 1. The highest BCUT2D eigenvalue weighted by molar-refractivity contribution is 5.80. The molecule has 0 aliphatic heterocycles. The van der Waals surface area contributed by atoms with E-state index in [1.807, 2.05) is 19.1 Å². The maximum atomic E-state index is 11.8. The summed E-state index contributed by atoms with van der Waals surface area (Å²) in [4.78, 5) is 11.8. The van der Waals surface area contributed by atoms with Gasteiger partial charge in [-0.05, 0) is 38.0 Å². The molecule has 4 nitrogen and oxygen atoms in total. The molecule has 0 spiro atoms. The normalized spacial score (nSPS) is 11.9. The van der Waals surface area contributed by atoms with E-state index in [4.69, 9.17) is 10.5 Å². The molecule has 4 heteroatoms. The van der Waals surface area contributed by atoms with Gasteiger partial charge in [-0.2, -0.15) is 0 Å². The molecule has 1 aromatic rings. The Morgan fingerprint density at radius 2 is 2.16 bits per heavy atom. The van der Waals surface area contributed by atoms with Gasteiger partial charge in [-0.1, -0.05) is 25.8 Å². The minimum Gasteiger partial charge on any atom is -0.479 e. The number of anilines is 1. The van der Waals surface area contributed by atoms with Gasteiger partial charge in [0.05, 0.1) is 5.69 Å². The summed E-state index contributed by atoms with van der Waals surface area (Å²) < 4.78 is 5.58. The number of rotatable bonds is 7. The first-order valence-corrected chi connectivity index (χ1v) is 6.85. The van der Waals surface area contributed by atoms with Gasteiger partial charge in [-0.15, -0.1) is 0 Å². The number of nitrogens with one attached hydrogen (secondary N) is 1. The third-order valence-corrected chi connectivity index (χ3v) is 2.92. The van der Waals surface area contributed by atoms with Gasteiger partial charge in [0.2, 0.25) is 0 Å². The number of ether oxygens (including phenoxy) is 1. The fourth-order valence-electron chi connectivity index (χ4n) is 1.75. The average molecular weight is 264 g/mol. The van der Waals surface area contributed by atoms with Gasteiger partial charge in [0.25, 0.3) is 5.91 Å². The molecule has 0 bridgehead atoms. The standard InChI is InChI=1S/C15H24N2O2/c1-4-5-6-9-17-15(18)12(3)19-14-8-7-11(2)10-13(14)16/h7-8,10,12H,4-6,9,16H2,1-3H3,(H,17,18). The summed E-state index contributed by atoms with van der Waals surface area (Å²) in [5.41, 5.74) is 7.48. The van der Waals surface area contributed by atoms with Gasteiger partial charge in [-0.3, -0.25) is 4.79 Å². The monoisotopic (exact) mass is 264 g/mol. The van der Waals surface area contributed by atoms with Gasteiger partial charge in [0.15, 0.2) is 6.10 Å². The van der Waals surface area contributed by atoms with Gasteiger partial charge in [0.1, 0.15) is 5.75 Å². The lowest BCUT2D eigenvalue weighted by Gasteiger charge is -2.16. The van der Waals surface area contributed by atoms with Gasteiger partial charge in [-0.25, -0.2) is 0 Å². The molecule has 1 aromatic carbocycles. The van der Waals surface area contributed by atoms with Crippen molar-refractivity contribution in [3.8, 4) is 5.75 Å². The number of nitrogens with two attached hydrogens (primary N) is 1. The van der Waals surface area contributed by atoms with Crippen molar-refractivity contribution in [2.45, 2.75) is 46.1 Å². The topological polar surface area (TPSA) is 64.3 Å². The van der Waals surface area contributed by atoms with Crippen molar-refractivity contribution in [3.05, 3.63) is 23.8 Å². The third kappa shape index (κ3) is 5.20. The second kappa shape index (κ2) is 7.67. The maximum Gasteiger partial charge on any atom is 0.260 e. The zero-order valence-electron chi connectivity index (χ0n) is 12.0. The Morgan fingerprint density at radius 3 is 2.79 bits per heavy atom. The molecular weight excluding hydrogens is 240 g/mol. The molecule has 0 aliphatic rings. The molecule has 1 rings (SSSR count). The molecule has 0 saturated carbocycles. The van der Waals surface area contributed by atoms with E-state index < -0.39 is 6.10 Å². The Labute approximate surface area is 115 Å². The fraction of sp³-hybridized carbons (Fsp3) is 0.533. The summed E-state index contributed by atoms with van der Waals surface area (Å²) in [5.74, 6) is 0.456. The van der Waals surface area contributed by atoms with Crippen LogP contribution in [0.2, 0.25) is 0 Å². The van der Waals surface area contributed by atoms with Gasteiger partial charge in [0, 0.05) is 6.54 Å². The van der Waals surface area contributed by atoms with Crippen LogP contribution in [0.1, 0.15) is 38.7 Å². The van der Waals surface area contributed by atoms with Crippen molar-refractivity contribution in [1.82, 2.24) is 5.32 Å².